The number of pyridine rings is 2. The van der Waals surface area contributed by atoms with Gasteiger partial charge >= 0.3 is 0 Å². The summed E-state index contributed by atoms with van der Waals surface area (Å²) in [6, 6.07) is 11.9. The first-order valence-electron chi connectivity index (χ1n) is 12.4. The van der Waals surface area contributed by atoms with Crippen LogP contribution in [0.2, 0.25) is 0 Å². The molecule has 7 nitrogen and oxygen atoms in total. The highest BCUT2D eigenvalue weighted by atomic mass is 16.5. The van der Waals surface area contributed by atoms with Gasteiger partial charge in [0, 0.05) is 17.8 Å². The van der Waals surface area contributed by atoms with E-state index in [0.717, 1.165) is 57.7 Å². The summed E-state index contributed by atoms with van der Waals surface area (Å²) in [5.74, 6) is 0.750. The molecular weight excluding hydrogens is 452 g/mol. The van der Waals surface area contributed by atoms with Crippen molar-refractivity contribution in [1.29, 1.82) is 0 Å². The van der Waals surface area contributed by atoms with Crippen molar-refractivity contribution in [3.8, 4) is 16.9 Å². The van der Waals surface area contributed by atoms with E-state index in [9.17, 15) is 9.59 Å². The van der Waals surface area contributed by atoms with Gasteiger partial charge in [-0.25, -0.2) is 4.98 Å². The van der Waals surface area contributed by atoms with Crippen molar-refractivity contribution < 1.29 is 9.53 Å². The molecule has 1 aromatic carbocycles. The Hall–Kier alpha value is -3.87. The zero-order valence-electron chi connectivity index (χ0n) is 21.9. The maximum Gasteiger partial charge on any atom is 0.268 e. The van der Waals surface area contributed by atoms with Crippen molar-refractivity contribution in [2.24, 2.45) is 0 Å². The van der Waals surface area contributed by atoms with Crippen LogP contribution in [-0.4, -0.2) is 27.4 Å². The maximum absolute atomic E-state index is 13.5. The summed E-state index contributed by atoms with van der Waals surface area (Å²) >= 11 is 0. The normalized spacial score (nSPS) is 11.3. The highest BCUT2D eigenvalue weighted by Gasteiger charge is 2.19. The minimum atomic E-state index is -0.262. The molecule has 0 aliphatic rings. The number of hydrogen-bond acceptors (Lipinski definition) is 4. The van der Waals surface area contributed by atoms with E-state index >= 15 is 0 Å². The van der Waals surface area contributed by atoms with Crippen LogP contribution in [0.4, 0.5) is 0 Å². The summed E-state index contributed by atoms with van der Waals surface area (Å²) in [4.78, 5) is 33.6. The van der Waals surface area contributed by atoms with Crippen LogP contribution >= 0.6 is 0 Å². The number of benzene rings is 1. The molecule has 3 aromatic heterocycles. The lowest BCUT2D eigenvalue weighted by atomic mass is 10.0. The van der Waals surface area contributed by atoms with Crippen LogP contribution in [0, 0.1) is 13.8 Å². The van der Waals surface area contributed by atoms with Crippen molar-refractivity contribution in [2.75, 3.05) is 7.11 Å². The smallest absolute Gasteiger partial charge is 0.268 e. The molecule has 4 rings (SSSR count). The molecule has 0 atom stereocenters. The molecule has 1 amide bonds. The number of amides is 1. The maximum atomic E-state index is 13.5. The first-order chi connectivity index (χ1) is 17.2. The Morgan fingerprint density at radius 3 is 2.58 bits per heavy atom. The van der Waals surface area contributed by atoms with Crippen LogP contribution in [0.25, 0.3) is 16.6 Å². The van der Waals surface area contributed by atoms with Gasteiger partial charge in [0.05, 0.1) is 18.3 Å². The molecule has 0 fully saturated rings. The quantitative estimate of drug-likeness (QED) is 0.353. The lowest BCUT2D eigenvalue weighted by Crippen LogP contribution is -2.29. The third-order valence-corrected chi connectivity index (χ3v) is 6.49. The second kappa shape index (κ2) is 10.4. The van der Waals surface area contributed by atoms with E-state index in [-0.39, 0.29) is 23.9 Å². The predicted molar refractivity (Wildman–Crippen MR) is 143 cm³/mol. The number of hydrogen-bond donors (Lipinski definition) is 2. The van der Waals surface area contributed by atoms with Gasteiger partial charge in [0.25, 0.3) is 11.5 Å². The molecule has 0 bridgehead atoms. The van der Waals surface area contributed by atoms with Gasteiger partial charge in [-0.15, -0.1) is 0 Å². The average molecular weight is 487 g/mol. The molecule has 36 heavy (non-hydrogen) atoms. The molecule has 2 N–H and O–H groups in total. The Balaban J connectivity index is 1.76. The summed E-state index contributed by atoms with van der Waals surface area (Å²) < 4.78 is 7.25. The number of H-pyrrole nitrogens is 1. The predicted octanol–water partition coefficient (Wildman–Crippen LogP) is 5.32. The Morgan fingerprint density at radius 2 is 1.92 bits per heavy atom. The largest absolute Gasteiger partial charge is 0.496 e. The van der Waals surface area contributed by atoms with E-state index in [0.29, 0.717) is 11.3 Å². The first-order valence-corrected chi connectivity index (χ1v) is 12.4. The second-order valence-corrected chi connectivity index (χ2v) is 9.57. The van der Waals surface area contributed by atoms with E-state index in [4.69, 9.17) is 4.74 Å². The number of aromatic amines is 1. The van der Waals surface area contributed by atoms with Crippen LogP contribution in [0.5, 0.6) is 5.75 Å². The molecule has 0 unspecified atom stereocenters. The molecule has 7 heteroatoms. The van der Waals surface area contributed by atoms with Crippen LogP contribution in [-0.2, 0) is 13.0 Å². The molecule has 188 valence electrons. The molecule has 0 aliphatic heterocycles. The van der Waals surface area contributed by atoms with Crippen molar-refractivity contribution in [1.82, 2.24) is 19.7 Å². The van der Waals surface area contributed by atoms with Crippen LogP contribution in [0.1, 0.15) is 71.7 Å². The summed E-state index contributed by atoms with van der Waals surface area (Å²) in [5, 5.41) is 2.99. The molecule has 0 aliphatic carbocycles. The standard InChI is InChI=1S/C29H34N4O3/c1-7-8-21-12-19(5)32-28(34)23(21)15-30-29(35)25-14-22(20-9-10-26(36-6)18(4)11-20)13-24-27(17(2)3)31-16-33(24)25/h9-14,16-17H,7-8,15H2,1-6H3,(H,30,35)(H,32,34). The Bertz CT molecular complexity index is 1480. The highest BCUT2D eigenvalue weighted by molar-refractivity contribution is 5.95. The molecule has 4 aromatic rings. The monoisotopic (exact) mass is 486 g/mol. The first kappa shape index (κ1) is 25.2. The molecule has 0 saturated carbocycles. The van der Waals surface area contributed by atoms with Crippen LogP contribution < -0.4 is 15.6 Å². The van der Waals surface area contributed by atoms with E-state index < -0.39 is 0 Å². The SMILES string of the molecule is CCCc1cc(C)[nH]c(=O)c1CNC(=O)c1cc(-c2ccc(OC)c(C)c2)cc2c(C(C)C)ncn12. The zero-order valence-corrected chi connectivity index (χ0v) is 21.9. The van der Waals surface area contributed by atoms with Crippen molar-refractivity contribution >= 4 is 11.4 Å². The van der Waals surface area contributed by atoms with Crippen molar-refractivity contribution in [2.45, 2.75) is 59.9 Å². The van der Waals surface area contributed by atoms with Gasteiger partial charge < -0.3 is 15.0 Å². The minimum absolute atomic E-state index is 0.156. The fraction of sp³-hybridized carbons (Fsp3) is 0.345. The highest BCUT2D eigenvalue weighted by Crippen LogP contribution is 2.30. The third-order valence-electron chi connectivity index (χ3n) is 6.49. The third kappa shape index (κ3) is 4.91. The van der Waals surface area contributed by atoms with E-state index in [1.54, 1.807) is 13.4 Å². The van der Waals surface area contributed by atoms with Crippen molar-refractivity contribution in [3.63, 3.8) is 0 Å². The Morgan fingerprint density at radius 1 is 1.14 bits per heavy atom. The number of aromatic nitrogens is 3. The second-order valence-electron chi connectivity index (χ2n) is 9.57. The van der Waals surface area contributed by atoms with Gasteiger partial charge in [-0.3, -0.25) is 14.0 Å². The molecular formula is C29H34N4O3. The number of carbonyl (C=O) groups is 1. The number of aryl methyl sites for hydroxylation is 3. The Kier molecular flexibility index (Phi) is 7.29. The number of ether oxygens (including phenoxy) is 1. The van der Waals surface area contributed by atoms with Gasteiger partial charge in [-0.1, -0.05) is 33.3 Å². The number of imidazole rings is 1. The Labute approximate surface area is 211 Å². The van der Waals surface area contributed by atoms with Gasteiger partial charge in [0.2, 0.25) is 0 Å². The summed E-state index contributed by atoms with van der Waals surface area (Å²) in [5.41, 5.74) is 7.44. The fourth-order valence-corrected chi connectivity index (χ4v) is 4.69. The van der Waals surface area contributed by atoms with Gasteiger partial charge in [-0.2, -0.15) is 0 Å². The summed E-state index contributed by atoms with van der Waals surface area (Å²) in [7, 11) is 1.66. The number of carbonyl (C=O) groups excluding carboxylic acids is 1. The molecule has 0 saturated heterocycles. The lowest BCUT2D eigenvalue weighted by Gasteiger charge is -2.14. The molecule has 0 spiro atoms. The van der Waals surface area contributed by atoms with Gasteiger partial charge in [-0.05, 0) is 78.8 Å². The van der Waals surface area contributed by atoms with Crippen molar-refractivity contribution in [3.05, 3.63) is 86.9 Å². The van der Waals surface area contributed by atoms with E-state index in [1.807, 2.05) is 42.5 Å². The fourth-order valence-electron chi connectivity index (χ4n) is 4.69. The lowest BCUT2D eigenvalue weighted by molar-refractivity contribution is 0.0944. The molecule has 0 radical (unpaired) electrons. The van der Waals surface area contributed by atoms with Crippen LogP contribution in [0.3, 0.4) is 0 Å². The molecule has 3 heterocycles. The van der Waals surface area contributed by atoms with Crippen LogP contribution in [0.15, 0.2) is 47.5 Å². The van der Waals surface area contributed by atoms with E-state index in [1.165, 1.54) is 0 Å². The van der Waals surface area contributed by atoms with Gasteiger partial charge in [0.1, 0.15) is 17.8 Å². The number of rotatable bonds is 8. The zero-order chi connectivity index (χ0) is 26.0. The van der Waals surface area contributed by atoms with E-state index in [2.05, 4.69) is 48.2 Å². The number of nitrogens with one attached hydrogen (secondary N) is 2. The minimum Gasteiger partial charge on any atom is -0.496 e. The van der Waals surface area contributed by atoms with Gasteiger partial charge in [0.15, 0.2) is 0 Å². The summed E-state index contributed by atoms with van der Waals surface area (Å²) in [6.45, 7) is 10.3. The average Bonchev–Trinajstić information content (AvgIpc) is 3.27. The summed E-state index contributed by atoms with van der Waals surface area (Å²) in [6.07, 6.45) is 3.40. The number of nitrogens with zero attached hydrogens (tertiary/aromatic N) is 2. The topological polar surface area (TPSA) is 88.5 Å². The number of methoxy groups -OCH3 is 1. The number of fused-ring (bicyclic) bond motifs is 1.